The van der Waals surface area contributed by atoms with Gasteiger partial charge < -0.3 is 4.74 Å². The van der Waals surface area contributed by atoms with E-state index >= 15 is 0 Å². The summed E-state index contributed by atoms with van der Waals surface area (Å²) >= 11 is 0. The fraction of sp³-hybridized carbons (Fsp3) is 0.200. The molecule has 0 aliphatic heterocycles. The number of hydrogen-bond acceptors (Lipinski definition) is 1. The molecule has 0 aromatic heterocycles. The highest BCUT2D eigenvalue weighted by atomic mass is 19.4. The second kappa shape index (κ2) is 6.94. The van der Waals surface area contributed by atoms with Gasteiger partial charge in [0.25, 0.3) is 0 Å². The molecule has 0 aliphatic carbocycles. The molecule has 0 amide bonds. The molecular weight excluding hydrogens is 351 g/mol. The summed E-state index contributed by atoms with van der Waals surface area (Å²) in [5.74, 6) is -1.67. The van der Waals surface area contributed by atoms with Crippen molar-refractivity contribution < 1.29 is 26.7 Å². The molecule has 3 aromatic carbocycles. The van der Waals surface area contributed by atoms with Gasteiger partial charge in [-0.2, -0.15) is 0 Å². The number of halogens is 5. The van der Waals surface area contributed by atoms with Crippen LogP contribution in [-0.2, 0) is 6.42 Å². The molecule has 6 heteroatoms. The second-order valence-corrected chi connectivity index (χ2v) is 5.96. The Morgan fingerprint density at radius 3 is 2.08 bits per heavy atom. The smallest absolute Gasteiger partial charge is 0.406 e. The van der Waals surface area contributed by atoms with Gasteiger partial charge in [0.05, 0.1) is 5.56 Å². The minimum absolute atomic E-state index is 0.151. The van der Waals surface area contributed by atoms with E-state index in [0.717, 1.165) is 12.5 Å². The van der Waals surface area contributed by atoms with Gasteiger partial charge in [0.1, 0.15) is 17.4 Å². The van der Waals surface area contributed by atoms with E-state index in [2.05, 4.69) is 4.74 Å². The van der Waals surface area contributed by atoms with Crippen molar-refractivity contribution in [1.82, 2.24) is 0 Å². The summed E-state index contributed by atoms with van der Waals surface area (Å²) in [5.41, 5.74) is 0.753. The third kappa shape index (κ3) is 3.95. The van der Waals surface area contributed by atoms with Crippen LogP contribution in [0.3, 0.4) is 0 Å². The van der Waals surface area contributed by atoms with E-state index in [1.165, 1.54) is 42.5 Å². The van der Waals surface area contributed by atoms with E-state index in [1.54, 1.807) is 0 Å². The molecule has 0 bridgehead atoms. The highest BCUT2D eigenvalue weighted by Crippen LogP contribution is 2.32. The number of benzene rings is 3. The molecule has 3 rings (SSSR count). The van der Waals surface area contributed by atoms with Crippen LogP contribution < -0.4 is 4.74 Å². The van der Waals surface area contributed by atoms with Crippen LogP contribution in [0.1, 0.15) is 18.9 Å². The number of hydrogen-bond donors (Lipinski definition) is 0. The summed E-state index contributed by atoms with van der Waals surface area (Å²) in [6.45, 7) is 1.92. The van der Waals surface area contributed by atoms with Crippen LogP contribution in [0.4, 0.5) is 22.0 Å². The van der Waals surface area contributed by atoms with Crippen LogP contribution >= 0.6 is 0 Å². The topological polar surface area (TPSA) is 9.23 Å². The number of aryl methyl sites for hydroxylation is 1. The van der Waals surface area contributed by atoms with Gasteiger partial charge >= 0.3 is 6.36 Å². The van der Waals surface area contributed by atoms with Crippen molar-refractivity contribution in [2.45, 2.75) is 26.1 Å². The zero-order chi connectivity index (χ0) is 18.9. The lowest BCUT2D eigenvalue weighted by molar-refractivity contribution is -0.274. The van der Waals surface area contributed by atoms with Crippen LogP contribution in [-0.4, -0.2) is 6.36 Å². The Balaban J connectivity index is 2.01. The molecule has 0 heterocycles. The average molecular weight is 366 g/mol. The Hall–Kier alpha value is -2.63. The van der Waals surface area contributed by atoms with E-state index in [4.69, 9.17) is 0 Å². The molecule has 3 aromatic rings. The van der Waals surface area contributed by atoms with Crippen molar-refractivity contribution in [3.63, 3.8) is 0 Å². The molecule has 0 atom stereocenters. The lowest BCUT2D eigenvalue weighted by atomic mass is 9.98. The first-order chi connectivity index (χ1) is 12.3. The van der Waals surface area contributed by atoms with Crippen LogP contribution in [0.15, 0.2) is 48.5 Å². The van der Waals surface area contributed by atoms with Crippen LogP contribution in [0, 0.1) is 11.6 Å². The van der Waals surface area contributed by atoms with E-state index in [-0.39, 0.29) is 11.3 Å². The van der Waals surface area contributed by atoms with Crippen molar-refractivity contribution in [3.05, 3.63) is 65.7 Å². The Kier molecular flexibility index (Phi) is 4.85. The van der Waals surface area contributed by atoms with Gasteiger partial charge in [-0.15, -0.1) is 13.2 Å². The van der Waals surface area contributed by atoms with Gasteiger partial charge in [-0.25, -0.2) is 8.78 Å². The minimum atomic E-state index is -4.78. The molecule has 0 N–H and O–H groups in total. The predicted octanol–water partition coefficient (Wildman–Crippen LogP) is 6.64. The minimum Gasteiger partial charge on any atom is -0.406 e. The van der Waals surface area contributed by atoms with Crippen molar-refractivity contribution >= 4 is 10.8 Å². The largest absolute Gasteiger partial charge is 0.573 e. The Morgan fingerprint density at radius 2 is 1.46 bits per heavy atom. The van der Waals surface area contributed by atoms with E-state index in [0.29, 0.717) is 28.3 Å². The summed E-state index contributed by atoms with van der Waals surface area (Å²) in [6, 6.07) is 10.9. The molecule has 0 aliphatic rings. The lowest BCUT2D eigenvalue weighted by Gasteiger charge is -2.11. The van der Waals surface area contributed by atoms with Gasteiger partial charge in [0, 0.05) is 0 Å². The Bertz CT molecular complexity index is 924. The Morgan fingerprint density at radius 1 is 0.846 bits per heavy atom. The zero-order valence-electron chi connectivity index (χ0n) is 13.8. The summed E-state index contributed by atoms with van der Waals surface area (Å²) in [5, 5.41) is 1.02. The second-order valence-electron chi connectivity index (χ2n) is 5.96. The molecule has 26 heavy (non-hydrogen) atoms. The van der Waals surface area contributed by atoms with Crippen molar-refractivity contribution in [2.24, 2.45) is 0 Å². The maximum absolute atomic E-state index is 14.4. The van der Waals surface area contributed by atoms with Crippen molar-refractivity contribution in [1.29, 1.82) is 0 Å². The molecule has 0 spiro atoms. The summed E-state index contributed by atoms with van der Waals surface area (Å²) in [7, 11) is 0. The highest BCUT2D eigenvalue weighted by Gasteiger charge is 2.31. The zero-order valence-corrected chi connectivity index (χ0v) is 13.8. The standard InChI is InChI=1S/C20H15F5O/c1-2-3-12-8-17(21)19(18(22)9-12)15-5-4-14-11-16(26-20(23,24)25)7-6-13(14)10-15/h4-11H,2-3H2,1H3. The first-order valence-electron chi connectivity index (χ1n) is 8.04. The SMILES string of the molecule is CCCc1cc(F)c(-c2ccc3cc(OC(F)(F)F)ccc3c2)c(F)c1. The molecule has 0 fully saturated rings. The van der Waals surface area contributed by atoms with Gasteiger partial charge in [0.15, 0.2) is 0 Å². The van der Waals surface area contributed by atoms with Crippen LogP contribution in [0.5, 0.6) is 5.75 Å². The maximum atomic E-state index is 14.4. The molecular formula is C20H15F5O. The molecule has 0 unspecified atom stereocenters. The monoisotopic (exact) mass is 366 g/mol. The van der Waals surface area contributed by atoms with Gasteiger partial charge in [-0.05, 0) is 58.7 Å². The number of fused-ring (bicyclic) bond motifs is 1. The molecule has 0 saturated carbocycles. The summed E-state index contributed by atoms with van der Waals surface area (Å²) < 4.78 is 69.5. The van der Waals surface area contributed by atoms with Crippen molar-refractivity contribution in [2.75, 3.05) is 0 Å². The third-order valence-corrected chi connectivity index (χ3v) is 3.97. The van der Waals surface area contributed by atoms with E-state index in [1.807, 2.05) is 6.92 Å². The fourth-order valence-electron chi connectivity index (χ4n) is 2.91. The predicted molar refractivity (Wildman–Crippen MR) is 90.0 cm³/mol. The van der Waals surface area contributed by atoms with E-state index < -0.39 is 18.0 Å². The summed E-state index contributed by atoms with van der Waals surface area (Å²) in [6.07, 6.45) is -3.43. The molecule has 0 saturated heterocycles. The van der Waals surface area contributed by atoms with Crippen LogP contribution in [0.2, 0.25) is 0 Å². The van der Waals surface area contributed by atoms with Crippen LogP contribution in [0.25, 0.3) is 21.9 Å². The maximum Gasteiger partial charge on any atom is 0.573 e. The van der Waals surface area contributed by atoms with Gasteiger partial charge in [-0.3, -0.25) is 0 Å². The first kappa shape index (κ1) is 18.2. The normalized spacial score (nSPS) is 11.8. The number of ether oxygens (including phenoxy) is 1. The molecule has 1 nitrogen and oxygen atoms in total. The number of rotatable bonds is 4. The van der Waals surface area contributed by atoms with Gasteiger partial charge in [-0.1, -0.05) is 31.5 Å². The van der Waals surface area contributed by atoms with E-state index in [9.17, 15) is 22.0 Å². The molecule has 136 valence electrons. The first-order valence-corrected chi connectivity index (χ1v) is 8.04. The highest BCUT2D eigenvalue weighted by molar-refractivity contribution is 5.88. The van der Waals surface area contributed by atoms with Gasteiger partial charge in [0.2, 0.25) is 0 Å². The quantitative estimate of drug-likeness (QED) is 0.471. The fourth-order valence-corrected chi connectivity index (χ4v) is 2.91. The lowest BCUT2D eigenvalue weighted by Crippen LogP contribution is -2.16. The number of alkyl halides is 3. The summed E-state index contributed by atoms with van der Waals surface area (Å²) in [4.78, 5) is 0. The van der Waals surface area contributed by atoms with Crippen molar-refractivity contribution in [3.8, 4) is 16.9 Å². The third-order valence-electron chi connectivity index (χ3n) is 3.97. The molecule has 0 radical (unpaired) electrons. The average Bonchev–Trinajstić information content (AvgIpc) is 2.53. The Labute approximate surface area is 147 Å².